The second-order valence-electron chi connectivity index (χ2n) is 3.96. The molecule has 4 heteroatoms. The van der Waals surface area contributed by atoms with E-state index in [4.69, 9.17) is 9.90 Å². The van der Waals surface area contributed by atoms with E-state index >= 15 is 0 Å². The molecule has 84 valence electrons. The van der Waals surface area contributed by atoms with Gasteiger partial charge in [0.05, 0.1) is 0 Å². The first kappa shape index (κ1) is 13.4. The van der Waals surface area contributed by atoms with Gasteiger partial charge in [-0.15, -0.1) is 0 Å². The molecule has 0 saturated carbocycles. The number of carbonyl (C=O) groups is 1. The Morgan fingerprint density at radius 2 is 2.14 bits per heavy atom. The van der Waals surface area contributed by atoms with Gasteiger partial charge < -0.3 is 10.4 Å². The highest BCUT2D eigenvalue weighted by Crippen LogP contribution is 2.19. The number of hydrogen-bond acceptors (Lipinski definition) is 3. The molecule has 1 heterocycles. The largest absolute Gasteiger partial charge is 0.481 e. The summed E-state index contributed by atoms with van der Waals surface area (Å²) >= 11 is 0. The van der Waals surface area contributed by atoms with Gasteiger partial charge in [-0.3, -0.25) is 9.69 Å². The zero-order valence-corrected chi connectivity index (χ0v) is 9.63. The van der Waals surface area contributed by atoms with Crippen molar-refractivity contribution in [3.63, 3.8) is 0 Å². The Labute approximate surface area is 86.3 Å². The lowest BCUT2D eigenvalue weighted by molar-refractivity contribution is -0.134. The molecule has 14 heavy (non-hydrogen) atoms. The van der Waals surface area contributed by atoms with Gasteiger partial charge in [-0.2, -0.15) is 0 Å². The molecule has 2 N–H and O–H groups in total. The van der Waals surface area contributed by atoms with E-state index in [1.807, 2.05) is 0 Å². The van der Waals surface area contributed by atoms with E-state index in [0.29, 0.717) is 5.54 Å². The highest BCUT2D eigenvalue weighted by Gasteiger charge is 2.31. The third-order valence-electron chi connectivity index (χ3n) is 2.74. The molecular weight excluding hydrogens is 180 g/mol. The minimum atomic E-state index is -0.833. The third-order valence-corrected chi connectivity index (χ3v) is 2.74. The Morgan fingerprint density at radius 3 is 2.43 bits per heavy atom. The van der Waals surface area contributed by atoms with Crippen LogP contribution in [-0.2, 0) is 4.79 Å². The molecule has 0 aromatic rings. The first-order valence-corrected chi connectivity index (χ1v) is 5.04. The van der Waals surface area contributed by atoms with Crippen LogP contribution in [0.1, 0.15) is 27.2 Å². The molecule has 1 aliphatic rings. The second-order valence-corrected chi connectivity index (χ2v) is 3.96. The number of carboxylic acid groups (broad SMARTS) is 1. The van der Waals surface area contributed by atoms with Crippen molar-refractivity contribution in [1.82, 2.24) is 10.2 Å². The van der Waals surface area contributed by atoms with Gasteiger partial charge in [0.15, 0.2) is 0 Å². The van der Waals surface area contributed by atoms with Crippen LogP contribution < -0.4 is 5.32 Å². The Hall–Kier alpha value is -0.610. The summed E-state index contributed by atoms with van der Waals surface area (Å²) in [4.78, 5) is 11.4. The lowest BCUT2D eigenvalue weighted by Gasteiger charge is -2.33. The molecular formula is C10H22N2O2. The first-order chi connectivity index (χ1) is 6.42. The zero-order valence-electron chi connectivity index (χ0n) is 9.63. The molecule has 0 bridgehead atoms. The smallest absolute Gasteiger partial charge is 0.300 e. The summed E-state index contributed by atoms with van der Waals surface area (Å²) in [6, 6.07) is 0. The first-order valence-electron chi connectivity index (χ1n) is 5.04. The van der Waals surface area contributed by atoms with Gasteiger partial charge in [0, 0.05) is 19.0 Å². The minimum Gasteiger partial charge on any atom is -0.481 e. The monoisotopic (exact) mass is 202 g/mol. The number of hydrogen-bond donors (Lipinski definition) is 2. The van der Waals surface area contributed by atoms with Crippen LogP contribution in [0.5, 0.6) is 0 Å². The fraction of sp³-hybridized carbons (Fsp3) is 0.900. The van der Waals surface area contributed by atoms with E-state index in [1.165, 1.54) is 13.0 Å². The maximum Gasteiger partial charge on any atom is 0.300 e. The number of likely N-dealkylation sites (N-methyl/N-ethyl adjacent to an activating group) is 1. The van der Waals surface area contributed by atoms with Crippen LogP contribution in [0.3, 0.4) is 0 Å². The second kappa shape index (κ2) is 5.98. The SMILES string of the molecule is CC(=O)O.CCN(C)C1(C)CCNC1. The van der Waals surface area contributed by atoms with Crippen molar-refractivity contribution in [2.24, 2.45) is 0 Å². The van der Waals surface area contributed by atoms with Gasteiger partial charge in [0.1, 0.15) is 0 Å². The molecule has 0 aromatic carbocycles. The van der Waals surface area contributed by atoms with E-state index in [0.717, 1.165) is 20.0 Å². The highest BCUT2D eigenvalue weighted by molar-refractivity contribution is 5.62. The van der Waals surface area contributed by atoms with Crippen molar-refractivity contribution in [1.29, 1.82) is 0 Å². The summed E-state index contributed by atoms with van der Waals surface area (Å²) in [6.07, 6.45) is 1.29. The van der Waals surface area contributed by atoms with Crippen LogP contribution in [0, 0.1) is 0 Å². The minimum absolute atomic E-state index is 0.425. The number of aliphatic carboxylic acids is 1. The molecule has 0 amide bonds. The maximum absolute atomic E-state index is 9.00. The normalized spacial score (nSPS) is 25.8. The van der Waals surface area contributed by atoms with E-state index in [9.17, 15) is 0 Å². The summed E-state index contributed by atoms with van der Waals surface area (Å²) in [5, 5.41) is 10.8. The van der Waals surface area contributed by atoms with Gasteiger partial charge >= 0.3 is 0 Å². The van der Waals surface area contributed by atoms with E-state index in [1.54, 1.807) is 0 Å². The third kappa shape index (κ3) is 4.58. The van der Waals surface area contributed by atoms with Crippen LogP contribution in [0.2, 0.25) is 0 Å². The van der Waals surface area contributed by atoms with Crippen molar-refractivity contribution in [2.75, 3.05) is 26.7 Å². The molecule has 1 unspecified atom stereocenters. The number of nitrogens with zero attached hydrogens (tertiary/aromatic N) is 1. The van der Waals surface area contributed by atoms with Gasteiger partial charge in [0.2, 0.25) is 0 Å². The quantitative estimate of drug-likeness (QED) is 0.695. The average molecular weight is 202 g/mol. The van der Waals surface area contributed by atoms with Gasteiger partial charge in [0.25, 0.3) is 5.97 Å². The molecule has 4 nitrogen and oxygen atoms in total. The summed E-state index contributed by atoms with van der Waals surface area (Å²) in [6.45, 7) is 9.11. The van der Waals surface area contributed by atoms with E-state index in [2.05, 4.69) is 31.1 Å². The van der Waals surface area contributed by atoms with Gasteiger partial charge in [-0.25, -0.2) is 0 Å². The summed E-state index contributed by atoms with van der Waals surface area (Å²) in [7, 11) is 2.20. The Kier molecular flexibility index (Phi) is 5.72. The van der Waals surface area contributed by atoms with Gasteiger partial charge in [-0.05, 0) is 33.5 Å². The van der Waals surface area contributed by atoms with Crippen molar-refractivity contribution < 1.29 is 9.90 Å². The van der Waals surface area contributed by atoms with Crippen molar-refractivity contribution in [3.05, 3.63) is 0 Å². The van der Waals surface area contributed by atoms with Crippen molar-refractivity contribution >= 4 is 5.97 Å². The fourth-order valence-electron chi connectivity index (χ4n) is 1.51. The number of nitrogens with one attached hydrogen (secondary N) is 1. The standard InChI is InChI=1S/C8H18N2.C2H4O2/c1-4-10(3)8(2)5-6-9-7-8;1-2(3)4/h9H,4-7H2,1-3H3;1H3,(H,3,4). The van der Waals surface area contributed by atoms with E-state index < -0.39 is 5.97 Å². The molecule has 0 spiro atoms. The zero-order chi connectivity index (χ0) is 11.2. The molecule has 1 atom stereocenters. The van der Waals surface area contributed by atoms with Crippen molar-refractivity contribution in [3.8, 4) is 0 Å². The highest BCUT2D eigenvalue weighted by atomic mass is 16.4. The molecule has 0 radical (unpaired) electrons. The molecule has 1 fully saturated rings. The van der Waals surface area contributed by atoms with E-state index in [-0.39, 0.29) is 0 Å². The predicted octanol–water partition coefficient (Wildman–Crippen LogP) is 0.781. The molecule has 1 rings (SSSR count). The maximum atomic E-state index is 9.00. The van der Waals surface area contributed by atoms with Crippen molar-refractivity contribution in [2.45, 2.75) is 32.7 Å². The molecule has 0 aliphatic carbocycles. The number of rotatable bonds is 2. The molecule has 1 aliphatic heterocycles. The van der Waals surface area contributed by atoms with Crippen LogP contribution in [-0.4, -0.2) is 48.2 Å². The summed E-state index contributed by atoms with van der Waals surface area (Å²) < 4.78 is 0. The molecule has 1 saturated heterocycles. The van der Waals surface area contributed by atoms with Gasteiger partial charge in [-0.1, -0.05) is 6.92 Å². The lowest BCUT2D eigenvalue weighted by Crippen LogP contribution is -2.45. The number of carboxylic acids is 1. The predicted molar refractivity (Wildman–Crippen MR) is 57.5 cm³/mol. The average Bonchev–Trinajstić information content (AvgIpc) is 2.51. The van der Waals surface area contributed by atoms with Crippen LogP contribution in [0.4, 0.5) is 0 Å². The summed E-state index contributed by atoms with van der Waals surface area (Å²) in [5.41, 5.74) is 0.425. The summed E-state index contributed by atoms with van der Waals surface area (Å²) in [5.74, 6) is -0.833. The Bertz CT molecular complexity index is 173. The van der Waals surface area contributed by atoms with Crippen LogP contribution >= 0.6 is 0 Å². The van der Waals surface area contributed by atoms with Crippen LogP contribution in [0.15, 0.2) is 0 Å². The van der Waals surface area contributed by atoms with Crippen LogP contribution in [0.25, 0.3) is 0 Å². The topological polar surface area (TPSA) is 52.6 Å². The fourth-order valence-corrected chi connectivity index (χ4v) is 1.51. The lowest BCUT2D eigenvalue weighted by atomic mass is 10.00. The molecule has 0 aromatic heterocycles. The Morgan fingerprint density at radius 1 is 1.64 bits per heavy atom. The Balaban J connectivity index is 0.000000364.